The monoisotopic (exact) mass is 215 g/mol. The fourth-order valence-corrected chi connectivity index (χ4v) is 1.75. The fraction of sp³-hybridized carbons (Fsp3) is 0.800. The average Bonchev–Trinajstić information content (AvgIpc) is 2.18. The van der Waals surface area contributed by atoms with Gasteiger partial charge in [0.15, 0.2) is 0 Å². The molecule has 1 aliphatic carbocycles. The molecule has 5 nitrogen and oxygen atoms in total. The van der Waals surface area contributed by atoms with Crippen molar-refractivity contribution in [2.75, 3.05) is 6.61 Å². The Morgan fingerprint density at radius 2 is 1.87 bits per heavy atom. The third kappa shape index (κ3) is 3.77. The summed E-state index contributed by atoms with van der Waals surface area (Å²) in [5.74, 6) is -0.323. The Balaban J connectivity index is 2.25. The maximum absolute atomic E-state index is 11.0. The Morgan fingerprint density at radius 1 is 1.27 bits per heavy atom. The second-order valence-corrected chi connectivity index (χ2v) is 3.68. The first kappa shape index (κ1) is 11.8. The van der Waals surface area contributed by atoms with Crippen LogP contribution in [-0.4, -0.2) is 24.8 Å². The van der Waals surface area contributed by atoms with Crippen molar-refractivity contribution >= 4 is 12.1 Å². The summed E-state index contributed by atoms with van der Waals surface area (Å²) in [6.45, 7) is 2.04. The van der Waals surface area contributed by atoms with E-state index in [4.69, 9.17) is 10.5 Å². The van der Waals surface area contributed by atoms with Crippen LogP contribution in [0.1, 0.15) is 32.6 Å². The minimum absolute atomic E-state index is 0.0629. The molecule has 1 amide bonds. The zero-order chi connectivity index (χ0) is 11.3. The number of carbonyl (C=O) groups excluding carboxylic acids is 2. The van der Waals surface area contributed by atoms with Crippen molar-refractivity contribution in [3.63, 3.8) is 0 Å². The van der Waals surface area contributed by atoms with Crippen LogP contribution in [-0.2, 0) is 14.3 Å². The highest BCUT2D eigenvalue weighted by molar-refractivity contribution is 5.76. The van der Waals surface area contributed by atoms with Gasteiger partial charge < -0.3 is 15.2 Å². The van der Waals surface area contributed by atoms with Crippen molar-refractivity contribution in [3.8, 4) is 0 Å². The second-order valence-electron chi connectivity index (χ2n) is 3.68. The van der Waals surface area contributed by atoms with Gasteiger partial charge in [-0.15, -0.1) is 0 Å². The molecule has 0 aromatic rings. The van der Waals surface area contributed by atoms with Gasteiger partial charge in [-0.2, -0.15) is 0 Å². The Hall–Kier alpha value is -1.26. The molecule has 0 spiro atoms. The fourth-order valence-electron chi connectivity index (χ4n) is 1.75. The second kappa shape index (κ2) is 5.58. The molecule has 86 valence electrons. The normalized spacial score (nSPS) is 25.7. The van der Waals surface area contributed by atoms with Gasteiger partial charge in [-0.3, -0.25) is 4.79 Å². The lowest BCUT2D eigenvalue weighted by Gasteiger charge is -2.25. The van der Waals surface area contributed by atoms with Crippen molar-refractivity contribution in [3.05, 3.63) is 0 Å². The number of ether oxygens (including phenoxy) is 2. The first-order chi connectivity index (χ1) is 7.13. The summed E-state index contributed by atoms with van der Waals surface area (Å²) in [7, 11) is 0. The lowest BCUT2D eigenvalue weighted by Crippen LogP contribution is -2.31. The Kier molecular flexibility index (Phi) is 4.39. The lowest BCUT2D eigenvalue weighted by atomic mass is 9.87. The summed E-state index contributed by atoms with van der Waals surface area (Å²) in [4.78, 5) is 21.9. The van der Waals surface area contributed by atoms with E-state index in [9.17, 15) is 9.59 Å². The topological polar surface area (TPSA) is 78.6 Å². The van der Waals surface area contributed by atoms with Crippen molar-refractivity contribution < 1.29 is 19.1 Å². The summed E-state index contributed by atoms with van der Waals surface area (Å²) in [5.41, 5.74) is 5.19. The third-order valence-electron chi connectivity index (χ3n) is 2.60. The standard InChI is InChI=1S/C10H17NO4/c1-2-14-10(13)15-8-5-3-7(4-6-8)9(11)12/h7-8H,2-6H2,1H3,(H2,11,12)/t7-,8-. The summed E-state index contributed by atoms with van der Waals surface area (Å²) >= 11 is 0. The first-order valence-electron chi connectivity index (χ1n) is 5.26. The maximum atomic E-state index is 11.0. The van der Waals surface area contributed by atoms with E-state index >= 15 is 0 Å². The van der Waals surface area contributed by atoms with E-state index in [1.807, 2.05) is 0 Å². The zero-order valence-electron chi connectivity index (χ0n) is 8.90. The van der Waals surface area contributed by atoms with Gasteiger partial charge in [0.2, 0.25) is 5.91 Å². The van der Waals surface area contributed by atoms with E-state index in [1.54, 1.807) is 6.92 Å². The number of rotatable bonds is 3. The highest BCUT2D eigenvalue weighted by Gasteiger charge is 2.27. The molecule has 15 heavy (non-hydrogen) atoms. The molecule has 0 aromatic heterocycles. The van der Waals surface area contributed by atoms with E-state index < -0.39 is 6.16 Å². The SMILES string of the molecule is CCOC(=O)O[C@H]1CC[C@H](C(N)=O)CC1. The summed E-state index contributed by atoms with van der Waals surface area (Å²) < 4.78 is 9.71. The molecule has 2 N–H and O–H groups in total. The van der Waals surface area contributed by atoms with Crippen molar-refractivity contribution in [1.82, 2.24) is 0 Å². The molecule has 0 atom stereocenters. The molecule has 0 unspecified atom stereocenters. The van der Waals surface area contributed by atoms with Crippen LogP contribution in [0.15, 0.2) is 0 Å². The van der Waals surface area contributed by atoms with Gasteiger partial charge >= 0.3 is 6.16 Å². The van der Waals surface area contributed by atoms with Crippen LogP contribution in [0.25, 0.3) is 0 Å². The molecule has 1 aliphatic rings. The summed E-state index contributed by atoms with van der Waals surface area (Å²) in [5, 5.41) is 0. The molecule has 1 rings (SSSR count). The number of hydrogen-bond donors (Lipinski definition) is 1. The number of amides is 1. The van der Waals surface area contributed by atoms with E-state index in [2.05, 4.69) is 4.74 Å². The van der Waals surface area contributed by atoms with Gasteiger partial charge in [0, 0.05) is 5.92 Å². The zero-order valence-corrected chi connectivity index (χ0v) is 8.90. The smallest absolute Gasteiger partial charge is 0.435 e. The quantitative estimate of drug-likeness (QED) is 0.717. The van der Waals surface area contributed by atoms with E-state index in [1.165, 1.54) is 0 Å². The number of hydrogen-bond acceptors (Lipinski definition) is 4. The van der Waals surface area contributed by atoms with Gasteiger partial charge in [0.1, 0.15) is 6.10 Å². The molecule has 0 aromatic carbocycles. The molecule has 1 fully saturated rings. The van der Waals surface area contributed by atoms with Gasteiger partial charge in [0.25, 0.3) is 0 Å². The van der Waals surface area contributed by atoms with Crippen LogP contribution < -0.4 is 5.73 Å². The van der Waals surface area contributed by atoms with Gasteiger partial charge in [0.05, 0.1) is 6.61 Å². The molecule has 0 bridgehead atoms. The molecular formula is C10H17NO4. The van der Waals surface area contributed by atoms with Crippen LogP contribution in [0.5, 0.6) is 0 Å². The first-order valence-corrected chi connectivity index (χ1v) is 5.26. The molecule has 0 aliphatic heterocycles. The van der Waals surface area contributed by atoms with Crippen molar-refractivity contribution in [2.45, 2.75) is 38.7 Å². The van der Waals surface area contributed by atoms with Gasteiger partial charge in [-0.05, 0) is 32.6 Å². The molecule has 0 heterocycles. The van der Waals surface area contributed by atoms with Crippen LogP contribution in [0.3, 0.4) is 0 Å². The maximum Gasteiger partial charge on any atom is 0.508 e. The van der Waals surface area contributed by atoms with Crippen LogP contribution in [0, 0.1) is 5.92 Å². The summed E-state index contributed by atoms with van der Waals surface area (Å²) in [6.07, 6.45) is 2.01. The predicted octanol–water partition coefficient (Wildman–Crippen LogP) is 1.20. The Bertz CT molecular complexity index is 234. The highest BCUT2D eigenvalue weighted by atomic mass is 16.7. The van der Waals surface area contributed by atoms with Crippen molar-refractivity contribution in [2.24, 2.45) is 11.7 Å². The van der Waals surface area contributed by atoms with Crippen LogP contribution in [0.2, 0.25) is 0 Å². The largest absolute Gasteiger partial charge is 0.508 e. The highest BCUT2D eigenvalue weighted by Crippen LogP contribution is 2.26. The minimum atomic E-state index is -0.625. The summed E-state index contributed by atoms with van der Waals surface area (Å²) in [6, 6.07) is 0. The van der Waals surface area contributed by atoms with Crippen LogP contribution in [0.4, 0.5) is 4.79 Å². The number of carbonyl (C=O) groups is 2. The molecule has 0 radical (unpaired) electrons. The molecular weight excluding hydrogens is 198 g/mol. The number of primary amides is 1. The Labute approximate surface area is 88.9 Å². The van der Waals surface area contributed by atoms with E-state index in [-0.39, 0.29) is 17.9 Å². The molecule has 0 saturated heterocycles. The lowest BCUT2D eigenvalue weighted by molar-refractivity contribution is -0.123. The van der Waals surface area contributed by atoms with Crippen LogP contribution >= 0.6 is 0 Å². The predicted molar refractivity (Wildman–Crippen MR) is 53.0 cm³/mol. The average molecular weight is 215 g/mol. The van der Waals surface area contributed by atoms with E-state index in [0.717, 1.165) is 0 Å². The molecule has 1 saturated carbocycles. The number of nitrogens with two attached hydrogens (primary N) is 1. The molecule has 5 heteroatoms. The minimum Gasteiger partial charge on any atom is -0.435 e. The third-order valence-corrected chi connectivity index (χ3v) is 2.60. The van der Waals surface area contributed by atoms with Crippen molar-refractivity contribution in [1.29, 1.82) is 0 Å². The van der Waals surface area contributed by atoms with Gasteiger partial charge in [-0.1, -0.05) is 0 Å². The van der Waals surface area contributed by atoms with E-state index in [0.29, 0.717) is 32.3 Å². The van der Waals surface area contributed by atoms with Gasteiger partial charge in [-0.25, -0.2) is 4.79 Å². The Morgan fingerprint density at radius 3 is 2.33 bits per heavy atom.